The summed E-state index contributed by atoms with van der Waals surface area (Å²) in [6, 6.07) is 10.2. The molecule has 0 radical (unpaired) electrons. The first-order chi connectivity index (χ1) is 11.6. The maximum atomic E-state index is 12.3. The van der Waals surface area contributed by atoms with Crippen LogP contribution in [-0.4, -0.2) is 42.5 Å². The molecule has 1 heterocycles. The first-order valence-electron chi connectivity index (χ1n) is 8.45. The van der Waals surface area contributed by atoms with E-state index in [2.05, 4.69) is 28.9 Å². The number of likely N-dealkylation sites (tertiary alicyclic amines) is 1. The molecule has 1 aromatic carbocycles. The van der Waals surface area contributed by atoms with Gasteiger partial charge < -0.3 is 10.1 Å². The maximum Gasteiger partial charge on any atom is 0.311 e. The van der Waals surface area contributed by atoms with Gasteiger partial charge in [0.05, 0.1) is 5.92 Å². The number of benzene rings is 1. The second-order valence-electron chi connectivity index (χ2n) is 6.17. The molecule has 5 nitrogen and oxygen atoms in total. The quantitative estimate of drug-likeness (QED) is 0.615. The normalized spacial score (nSPS) is 19.3. The van der Waals surface area contributed by atoms with Gasteiger partial charge in [0.1, 0.15) is 0 Å². The average molecular weight is 330 g/mol. The lowest BCUT2D eigenvalue weighted by atomic mass is 9.97. The number of carbonyl (C=O) groups is 2. The largest absolute Gasteiger partial charge is 0.452 e. The van der Waals surface area contributed by atoms with Crippen molar-refractivity contribution >= 4 is 11.9 Å². The minimum atomic E-state index is -0.776. The third-order valence-electron chi connectivity index (χ3n) is 4.17. The van der Waals surface area contributed by atoms with Crippen molar-refractivity contribution in [2.75, 3.05) is 19.6 Å². The summed E-state index contributed by atoms with van der Waals surface area (Å²) in [7, 11) is 0. The monoisotopic (exact) mass is 330 g/mol. The molecule has 2 atom stereocenters. The van der Waals surface area contributed by atoms with Gasteiger partial charge >= 0.3 is 5.97 Å². The van der Waals surface area contributed by atoms with E-state index in [4.69, 9.17) is 4.74 Å². The fraction of sp³-hybridized carbons (Fsp3) is 0.474. The Morgan fingerprint density at radius 1 is 1.42 bits per heavy atom. The lowest BCUT2D eigenvalue weighted by Crippen LogP contribution is -2.42. The van der Waals surface area contributed by atoms with E-state index in [1.165, 1.54) is 5.56 Å². The van der Waals surface area contributed by atoms with Gasteiger partial charge in [-0.05, 0) is 31.9 Å². The van der Waals surface area contributed by atoms with Crippen molar-refractivity contribution in [1.29, 1.82) is 0 Å². The summed E-state index contributed by atoms with van der Waals surface area (Å²) >= 11 is 0. The molecule has 1 saturated heterocycles. The fourth-order valence-electron chi connectivity index (χ4n) is 2.87. The van der Waals surface area contributed by atoms with Crippen molar-refractivity contribution < 1.29 is 14.3 Å². The van der Waals surface area contributed by atoms with Crippen LogP contribution in [0.3, 0.4) is 0 Å². The van der Waals surface area contributed by atoms with Crippen LogP contribution in [0.5, 0.6) is 0 Å². The van der Waals surface area contributed by atoms with E-state index in [1.807, 2.05) is 18.2 Å². The van der Waals surface area contributed by atoms with Crippen LogP contribution in [0.1, 0.15) is 25.3 Å². The van der Waals surface area contributed by atoms with Gasteiger partial charge in [0.15, 0.2) is 6.10 Å². The minimum absolute atomic E-state index is 0.169. The third-order valence-corrected chi connectivity index (χ3v) is 4.17. The molecule has 0 aliphatic carbocycles. The Balaban J connectivity index is 1.83. The van der Waals surface area contributed by atoms with E-state index < -0.39 is 6.10 Å². The molecule has 1 aromatic rings. The number of ether oxygens (including phenoxy) is 1. The van der Waals surface area contributed by atoms with Gasteiger partial charge in [-0.25, -0.2) is 0 Å². The van der Waals surface area contributed by atoms with E-state index >= 15 is 0 Å². The summed E-state index contributed by atoms with van der Waals surface area (Å²) in [5, 5.41) is 2.64. The Morgan fingerprint density at radius 2 is 2.17 bits per heavy atom. The molecule has 1 fully saturated rings. The average Bonchev–Trinajstić information content (AvgIpc) is 2.60. The molecular formula is C19H26N2O3. The number of nitrogens with zero attached hydrogens (tertiary/aromatic N) is 1. The number of amides is 1. The van der Waals surface area contributed by atoms with Crippen LogP contribution in [0.15, 0.2) is 43.0 Å². The minimum Gasteiger partial charge on any atom is -0.452 e. The number of esters is 1. The first kappa shape index (κ1) is 18.2. The molecule has 2 unspecified atom stereocenters. The van der Waals surface area contributed by atoms with Crippen molar-refractivity contribution in [3.63, 3.8) is 0 Å². The summed E-state index contributed by atoms with van der Waals surface area (Å²) in [6.07, 6.45) is 2.59. The van der Waals surface area contributed by atoms with Crippen LogP contribution in [-0.2, 0) is 20.9 Å². The summed E-state index contributed by atoms with van der Waals surface area (Å²) in [5.74, 6) is -0.744. The highest BCUT2D eigenvalue weighted by atomic mass is 16.5. The molecule has 130 valence electrons. The van der Waals surface area contributed by atoms with Crippen LogP contribution in [0.25, 0.3) is 0 Å². The molecule has 1 N–H and O–H groups in total. The van der Waals surface area contributed by atoms with Gasteiger partial charge in [-0.3, -0.25) is 14.5 Å². The molecule has 5 heteroatoms. The molecule has 24 heavy (non-hydrogen) atoms. The lowest BCUT2D eigenvalue weighted by molar-refractivity contribution is -0.160. The zero-order valence-corrected chi connectivity index (χ0v) is 14.2. The molecule has 0 aromatic heterocycles. The molecule has 0 saturated carbocycles. The maximum absolute atomic E-state index is 12.3. The summed E-state index contributed by atoms with van der Waals surface area (Å²) < 4.78 is 5.34. The van der Waals surface area contributed by atoms with E-state index in [9.17, 15) is 9.59 Å². The number of hydrogen-bond donors (Lipinski definition) is 1. The zero-order chi connectivity index (χ0) is 17.4. The van der Waals surface area contributed by atoms with Crippen LogP contribution < -0.4 is 5.32 Å². The highest BCUT2D eigenvalue weighted by molar-refractivity contribution is 5.84. The molecule has 1 amide bonds. The SMILES string of the molecule is C=CCNC(=O)C(C)OC(=O)C1CCCN(Cc2ccccc2)C1. The summed E-state index contributed by atoms with van der Waals surface area (Å²) in [6.45, 7) is 8.00. The Kier molecular flexibility index (Phi) is 7.00. The van der Waals surface area contributed by atoms with Gasteiger partial charge in [0, 0.05) is 19.6 Å². The van der Waals surface area contributed by atoms with Gasteiger partial charge in [-0.15, -0.1) is 6.58 Å². The van der Waals surface area contributed by atoms with E-state index in [1.54, 1.807) is 13.0 Å². The predicted molar refractivity (Wildman–Crippen MR) is 93.2 cm³/mol. The van der Waals surface area contributed by atoms with Crippen molar-refractivity contribution in [2.24, 2.45) is 5.92 Å². The smallest absolute Gasteiger partial charge is 0.311 e. The van der Waals surface area contributed by atoms with Gasteiger partial charge in [-0.2, -0.15) is 0 Å². The summed E-state index contributed by atoms with van der Waals surface area (Å²) in [5.41, 5.74) is 1.24. The van der Waals surface area contributed by atoms with E-state index in [0.717, 1.165) is 25.9 Å². The molecule has 0 bridgehead atoms. The first-order valence-corrected chi connectivity index (χ1v) is 8.45. The van der Waals surface area contributed by atoms with Crippen LogP contribution >= 0.6 is 0 Å². The number of carbonyl (C=O) groups excluding carboxylic acids is 2. The number of rotatable bonds is 7. The van der Waals surface area contributed by atoms with Crippen LogP contribution in [0, 0.1) is 5.92 Å². The highest BCUT2D eigenvalue weighted by Crippen LogP contribution is 2.20. The topological polar surface area (TPSA) is 58.6 Å². The van der Waals surface area contributed by atoms with Crippen molar-refractivity contribution in [3.8, 4) is 0 Å². The predicted octanol–water partition coefficient (Wildman–Crippen LogP) is 2.13. The van der Waals surface area contributed by atoms with Crippen LogP contribution in [0.2, 0.25) is 0 Å². The number of hydrogen-bond acceptors (Lipinski definition) is 4. The number of nitrogens with one attached hydrogen (secondary N) is 1. The zero-order valence-electron chi connectivity index (χ0n) is 14.2. The molecule has 0 spiro atoms. The highest BCUT2D eigenvalue weighted by Gasteiger charge is 2.29. The van der Waals surface area contributed by atoms with E-state index in [0.29, 0.717) is 13.1 Å². The van der Waals surface area contributed by atoms with Crippen LogP contribution in [0.4, 0.5) is 0 Å². The number of piperidine rings is 1. The molecule has 2 rings (SSSR count). The second kappa shape index (κ2) is 9.23. The van der Waals surface area contributed by atoms with Crippen molar-refractivity contribution in [1.82, 2.24) is 10.2 Å². The second-order valence-corrected chi connectivity index (χ2v) is 6.17. The standard InChI is InChI=1S/C19H26N2O3/c1-3-11-20-18(22)15(2)24-19(23)17-10-7-12-21(14-17)13-16-8-5-4-6-9-16/h3-6,8-9,15,17H,1,7,10-14H2,2H3,(H,20,22). The third kappa shape index (κ3) is 5.49. The lowest BCUT2D eigenvalue weighted by Gasteiger charge is -2.32. The van der Waals surface area contributed by atoms with E-state index in [-0.39, 0.29) is 17.8 Å². The molecule has 1 aliphatic rings. The van der Waals surface area contributed by atoms with Crippen molar-refractivity contribution in [2.45, 2.75) is 32.4 Å². The molecular weight excluding hydrogens is 304 g/mol. The Hall–Kier alpha value is -2.14. The fourth-order valence-corrected chi connectivity index (χ4v) is 2.87. The molecule has 1 aliphatic heterocycles. The Labute approximate surface area is 143 Å². The van der Waals surface area contributed by atoms with Gasteiger partial charge in [0.25, 0.3) is 5.91 Å². The Bertz CT molecular complexity index is 559. The Morgan fingerprint density at radius 3 is 2.88 bits per heavy atom. The summed E-state index contributed by atoms with van der Waals surface area (Å²) in [4.78, 5) is 26.4. The van der Waals surface area contributed by atoms with Gasteiger partial charge in [0.2, 0.25) is 0 Å². The van der Waals surface area contributed by atoms with Gasteiger partial charge in [-0.1, -0.05) is 36.4 Å². The van der Waals surface area contributed by atoms with Crippen molar-refractivity contribution in [3.05, 3.63) is 48.6 Å².